The minimum Gasteiger partial charge on any atom is -0.459 e. The van der Waals surface area contributed by atoms with Crippen LogP contribution in [0.3, 0.4) is 0 Å². The van der Waals surface area contributed by atoms with Crippen LogP contribution in [0.1, 0.15) is 43.0 Å². The molecule has 1 aliphatic carbocycles. The summed E-state index contributed by atoms with van der Waals surface area (Å²) in [6.07, 6.45) is 4.19. The first-order valence-corrected chi connectivity index (χ1v) is 9.44. The van der Waals surface area contributed by atoms with Gasteiger partial charge in [-0.2, -0.15) is 0 Å². The molecule has 0 aliphatic heterocycles. The molecule has 1 heterocycles. The molecule has 4 nitrogen and oxygen atoms in total. The van der Waals surface area contributed by atoms with Gasteiger partial charge in [-0.1, -0.05) is 43.7 Å². The first kappa shape index (κ1) is 17.5. The van der Waals surface area contributed by atoms with Crippen LogP contribution in [0.25, 0.3) is 22.1 Å². The lowest BCUT2D eigenvalue weighted by Crippen LogP contribution is -2.24. The van der Waals surface area contributed by atoms with Crippen molar-refractivity contribution in [1.29, 1.82) is 0 Å². The largest absolute Gasteiger partial charge is 0.459 e. The number of fused-ring (bicyclic) bond motifs is 1. The lowest BCUT2D eigenvalue weighted by molar-refractivity contribution is 0.0155. The number of hydrogen-bond acceptors (Lipinski definition) is 4. The number of hydrogen-bond donors (Lipinski definition) is 0. The summed E-state index contributed by atoms with van der Waals surface area (Å²) in [5.74, 6) is 0.303. The standard InChI is InChI=1S/C23H22O4/c1-15-5-4-7-19(13-15)26-22(24)17-11-9-16(10-12-17)20-14-18-6-2-3-8-21(18)27-23(20)25/h2-3,6,8-12,14-15,19H,4-5,7,13H2,1H3/t15-,19-/m1/s1. The molecule has 1 aromatic heterocycles. The van der Waals surface area contributed by atoms with Crippen LogP contribution >= 0.6 is 0 Å². The smallest absolute Gasteiger partial charge is 0.344 e. The zero-order valence-corrected chi connectivity index (χ0v) is 15.3. The van der Waals surface area contributed by atoms with E-state index in [0.717, 1.165) is 30.2 Å². The Balaban J connectivity index is 1.54. The van der Waals surface area contributed by atoms with Crippen LogP contribution in [0, 0.1) is 5.92 Å². The topological polar surface area (TPSA) is 56.5 Å². The Morgan fingerprint density at radius 3 is 2.63 bits per heavy atom. The van der Waals surface area contributed by atoms with Crippen molar-refractivity contribution in [3.8, 4) is 11.1 Å². The maximum atomic E-state index is 12.4. The van der Waals surface area contributed by atoms with Crippen molar-refractivity contribution < 1.29 is 13.9 Å². The molecule has 0 saturated heterocycles. The van der Waals surface area contributed by atoms with E-state index in [4.69, 9.17) is 9.15 Å². The van der Waals surface area contributed by atoms with Crippen LogP contribution in [-0.4, -0.2) is 12.1 Å². The minimum atomic E-state index is -0.389. The summed E-state index contributed by atoms with van der Waals surface area (Å²) in [4.78, 5) is 24.7. The predicted molar refractivity (Wildman–Crippen MR) is 105 cm³/mol. The Hall–Kier alpha value is -2.88. The van der Waals surface area contributed by atoms with E-state index in [-0.39, 0.29) is 17.7 Å². The molecule has 0 bridgehead atoms. The lowest BCUT2D eigenvalue weighted by Gasteiger charge is -2.26. The highest BCUT2D eigenvalue weighted by atomic mass is 16.5. The number of ether oxygens (including phenoxy) is 1. The van der Waals surface area contributed by atoms with Crippen molar-refractivity contribution in [3.05, 3.63) is 70.6 Å². The third-order valence-electron chi connectivity index (χ3n) is 5.24. The van der Waals surface area contributed by atoms with Gasteiger partial charge in [0, 0.05) is 5.39 Å². The molecular weight excluding hydrogens is 340 g/mol. The van der Waals surface area contributed by atoms with E-state index in [1.54, 1.807) is 30.3 Å². The van der Waals surface area contributed by atoms with Crippen molar-refractivity contribution >= 4 is 16.9 Å². The average Bonchev–Trinajstić information content (AvgIpc) is 2.67. The molecule has 0 radical (unpaired) electrons. The third kappa shape index (κ3) is 3.80. The first-order valence-electron chi connectivity index (χ1n) is 9.44. The Bertz CT molecular complexity index is 1020. The molecule has 0 N–H and O–H groups in total. The molecule has 1 aliphatic rings. The van der Waals surface area contributed by atoms with Crippen LogP contribution in [-0.2, 0) is 4.74 Å². The van der Waals surface area contributed by atoms with Crippen molar-refractivity contribution in [2.24, 2.45) is 5.92 Å². The highest BCUT2D eigenvalue weighted by Crippen LogP contribution is 2.27. The second kappa shape index (κ2) is 7.39. The maximum absolute atomic E-state index is 12.4. The quantitative estimate of drug-likeness (QED) is 0.475. The molecular formula is C23H22O4. The first-order chi connectivity index (χ1) is 13.1. The van der Waals surface area contributed by atoms with Crippen LogP contribution in [0.5, 0.6) is 0 Å². The van der Waals surface area contributed by atoms with E-state index >= 15 is 0 Å². The Kier molecular flexibility index (Phi) is 4.80. The number of para-hydroxylation sites is 1. The number of carbonyl (C=O) groups excluding carboxylic acids is 1. The van der Waals surface area contributed by atoms with Crippen molar-refractivity contribution in [2.75, 3.05) is 0 Å². The molecule has 0 spiro atoms. The van der Waals surface area contributed by atoms with Crippen LogP contribution in [0.2, 0.25) is 0 Å². The number of rotatable bonds is 3. The van der Waals surface area contributed by atoms with E-state index in [1.807, 2.05) is 24.3 Å². The van der Waals surface area contributed by atoms with Gasteiger partial charge in [0.1, 0.15) is 11.7 Å². The summed E-state index contributed by atoms with van der Waals surface area (Å²) in [5.41, 5.74) is 1.88. The predicted octanol–water partition coefficient (Wildman–Crippen LogP) is 5.20. The van der Waals surface area contributed by atoms with E-state index in [2.05, 4.69) is 6.92 Å². The highest BCUT2D eigenvalue weighted by molar-refractivity contribution is 5.90. The maximum Gasteiger partial charge on any atom is 0.344 e. The number of carbonyl (C=O) groups is 1. The van der Waals surface area contributed by atoms with Gasteiger partial charge in [-0.3, -0.25) is 0 Å². The molecule has 0 amide bonds. The molecule has 1 saturated carbocycles. The SMILES string of the molecule is C[C@@H]1CCC[C@@H](OC(=O)c2ccc(-c3cc4ccccc4oc3=O)cc2)C1. The zero-order valence-electron chi connectivity index (χ0n) is 15.3. The van der Waals surface area contributed by atoms with Gasteiger partial charge in [0.25, 0.3) is 0 Å². The monoisotopic (exact) mass is 362 g/mol. The average molecular weight is 362 g/mol. The summed E-state index contributed by atoms with van der Waals surface area (Å²) in [5, 5.41) is 0.863. The van der Waals surface area contributed by atoms with E-state index in [0.29, 0.717) is 22.6 Å². The number of esters is 1. The minimum absolute atomic E-state index is 0.00783. The highest BCUT2D eigenvalue weighted by Gasteiger charge is 2.22. The molecule has 27 heavy (non-hydrogen) atoms. The fourth-order valence-electron chi connectivity index (χ4n) is 3.75. The second-order valence-corrected chi connectivity index (χ2v) is 7.36. The van der Waals surface area contributed by atoms with Gasteiger partial charge < -0.3 is 9.15 Å². The van der Waals surface area contributed by atoms with Crippen LogP contribution in [0.4, 0.5) is 0 Å². The fourth-order valence-corrected chi connectivity index (χ4v) is 3.75. The van der Waals surface area contributed by atoms with Gasteiger partial charge in [0.15, 0.2) is 0 Å². The van der Waals surface area contributed by atoms with Gasteiger partial charge >= 0.3 is 11.6 Å². The summed E-state index contributed by atoms with van der Waals surface area (Å²) in [6.45, 7) is 2.20. The summed E-state index contributed by atoms with van der Waals surface area (Å²) < 4.78 is 11.0. The van der Waals surface area contributed by atoms with Crippen molar-refractivity contribution in [1.82, 2.24) is 0 Å². The van der Waals surface area contributed by atoms with Gasteiger partial charge in [-0.15, -0.1) is 0 Å². The molecule has 138 valence electrons. The summed E-state index contributed by atoms with van der Waals surface area (Å²) in [6, 6.07) is 16.2. The lowest BCUT2D eigenvalue weighted by atomic mass is 9.89. The van der Waals surface area contributed by atoms with Gasteiger partial charge in [-0.25, -0.2) is 9.59 Å². The third-order valence-corrected chi connectivity index (χ3v) is 5.24. The van der Waals surface area contributed by atoms with Gasteiger partial charge in [0.2, 0.25) is 0 Å². The van der Waals surface area contributed by atoms with Gasteiger partial charge in [0.05, 0.1) is 11.1 Å². The molecule has 2 aromatic carbocycles. The Morgan fingerprint density at radius 1 is 1.07 bits per heavy atom. The van der Waals surface area contributed by atoms with Crippen LogP contribution < -0.4 is 5.63 Å². The summed E-state index contributed by atoms with van der Waals surface area (Å²) in [7, 11) is 0. The van der Waals surface area contributed by atoms with Crippen LogP contribution in [0.15, 0.2) is 63.8 Å². The molecule has 1 fully saturated rings. The number of benzene rings is 2. The van der Waals surface area contributed by atoms with Crippen molar-refractivity contribution in [2.45, 2.75) is 38.7 Å². The fraction of sp³-hybridized carbons (Fsp3) is 0.304. The zero-order chi connectivity index (χ0) is 18.8. The Labute approximate surface area is 157 Å². The molecule has 2 atom stereocenters. The second-order valence-electron chi connectivity index (χ2n) is 7.36. The summed E-state index contributed by atoms with van der Waals surface area (Å²) >= 11 is 0. The molecule has 4 heteroatoms. The van der Waals surface area contributed by atoms with Gasteiger partial charge in [-0.05, 0) is 55.0 Å². The molecule has 4 rings (SSSR count). The normalized spacial score (nSPS) is 19.7. The van der Waals surface area contributed by atoms with E-state index in [1.165, 1.54) is 6.42 Å². The Morgan fingerprint density at radius 2 is 1.85 bits per heavy atom. The molecule has 3 aromatic rings. The van der Waals surface area contributed by atoms with E-state index < -0.39 is 0 Å². The van der Waals surface area contributed by atoms with E-state index in [9.17, 15) is 9.59 Å². The molecule has 0 unspecified atom stereocenters. The van der Waals surface area contributed by atoms with Crippen molar-refractivity contribution in [3.63, 3.8) is 0 Å².